The molecule has 1 aliphatic heterocycles. The number of nitrogens with one attached hydrogen (secondary N) is 1. The van der Waals surface area contributed by atoms with E-state index in [0.29, 0.717) is 54.7 Å². The van der Waals surface area contributed by atoms with E-state index < -0.39 is 6.29 Å². The molecule has 49 heavy (non-hydrogen) atoms. The number of rotatable bonds is 7. The Bertz CT molecular complexity index is 1530. The van der Waals surface area contributed by atoms with Crippen LogP contribution >= 0.6 is 0 Å². The summed E-state index contributed by atoms with van der Waals surface area (Å²) in [6.07, 6.45) is 12.7. The molecule has 6 nitrogen and oxygen atoms in total. The number of hydrogen-bond acceptors (Lipinski definition) is 4. The van der Waals surface area contributed by atoms with Crippen LogP contribution in [0.3, 0.4) is 0 Å². The van der Waals surface area contributed by atoms with E-state index in [1.807, 2.05) is 17.0 Å². The molecule has 0 bridgehead atoms. The van der Waals surface area contributed by atoms with Crippen molar-refractivity contribution in [3.8, 4) is 0 Å². The second kappa shape index (κ2) is 12.1. The van der Waals surface area contributed by atoms with Crippen molar-refractivity contribution >= 4 is 17.4 Å². The summed E-state index contributed by atoms with van der Waals surface area (Å²) in [7, 11) is 0. The highest BCUT2D eigenvalue weighted by Gasteiger charge is 2.71. The number of allylic oxidation sites excluding steroid dienone is 3. The zero-order chi connectivity index (χ0) is 35.1. The first kappa shape index (κ1) is 35.0. The SMILES string of the molecule is C=C(C)[C@@H]1CC[C@]2(C(=O)NCCN3CCCC3=O)CC[C@]3(C)[C@H](CC[C@@H]4[C@@]5(C)CC=C(c6ccc(C(O)O)cc6)C(C)(C)[C@@H]5CC[C@]43C)[C@@H]12. The second-order valence-corrected chi connectivity index (χ2v) is 18.6. The summed E-state index contributed by atoms with van der Waals surface area (Å²) in [6.45, 7) is 21.5. The quantitative estimate of drug-likeness (QED) is 0.202. The molecule has 1 saturated heterocycles. The zero-order valence-corrected chi connectivity index (χ0v) is 31.1. The minimum absolute atomic E-state index is 0.00141. The van der Waals surface area contributed by atoms with Gasteiger partial charge in [0, 0.05) is 31.6 Å². The van der Waals surface area contributed by atoms with E-state index in [1.165, 1.54) is 42.4 Å². The summed E-state index contributed by atoms with van der Waals surface area (Å²) in [5.41, 5.74) is 4.60. The molecule has 1 aromatic carbocycles. The molecule has 0 unspecified atom stereocenters. The van der Waals surface area contributed by atoms with Gasteiger partial charge in [0.25, 0.3) is 0 Å². The van der Waals surface area contributed by atoms with E-state index in [1.54, 1.807) is 0 Å². The fourth-order valence-corrected chi connectivity index (χ4v) is 13.9. The third-order valence-corrected chi connectivity index (χ3v) is 16.5. The molecule has 0 radical (unpaired) electrons. The number of nitrogens with zero attached hydrogens (tertiary/aromatic N) is 1. The summed E-state index contributed by atoms with van der Waals surface area (Å²) in [6, 6.07) is 7.84. The predicted octanol–water partition coefficient (Wildman–Crippen LogP) is 8.06. The van der Waals surface area contributed by atoms with Crippen LogP contribution in [0.2, 0.25) is 0 Å². The van der Waals surface area contributed by atoms with Gasteiger partial charge >= 0.3 is 0 Å². The van der Waals surface area contributed by atoms with Crippen LogP contribution in [0.25, 0.3) is 5.57 Å². The fraction of sp³-hybridized carbons (Fsp3) is 0.721. The Morgan fingerprint density at radius 2 is 1.69 bits per heavy atom. The van der Waals surface area contributed by atoms with Gasteiger partial charge in [-0.15, -0.1) is 0 Å². The number of likely N-dealkylation sites (tertiary alicyclic amines) is 1. The summed E-state index contributed by atoms with van der Waals surface area (Å²) in [5.74, 6) is 2.86. The van der Waals surface area contributed by atoms with Gasteiger partial charge in [-0.2, -0.15) is 0 Å². The molecule has 6 aliphatic rings. The van der Waals surface area contributed by atoms with Gasteiger partial charge in [-0.3, -0.25) is 9.59 Å². The number of aliphatic hydroxyl groups is 2. The van der Waals surface area contributed by atoms with Crippen molar-refractivity contribution in [2.45, 2.75) is 118 Å². The molecule has 5 aliphatic carbocycles. The molecule has 7 rings (SSSR count). The van der Waals surface area contributed by atoms with Crippen LogP contribution in [0.1, 0.15) is 130 Å². The lowest BCUT2D eigenvalue weighted by molar-refractivity contribution is -0.225. The Labute approximate surface area is 295 Å². The number of hydrogen-bond donors (Lipinski definition) is 3. The number of amides is 2. The molecule has 9 atom stereocenters. The first-order valence-electron chi connectivity index (χ1n) is 19.5. The van der Waals surface area contributed by atoms with Gasteiger partial charge in [0.15, 0.2) is 6.29 Å². The van der Waals surface area contributed by atoms with Crippen molar-refractivity contribution < 1.29 is 19.8 Å². The van der Waals surface area contributed by atoms with Crippen molar-refractivity contribution in [1.82, 2.24) is 10.2 Å². The Kier molecular flexibility index (Phi) is 8.62. The first-order chi connectivity index (χ1) is 23.1. The van der Waals surface area contributed by atoms with Crippen LogP contribution in [-0.2, 0) is 9.59 Å². The fourth-order valence-electron chi connectivity index (χ4n) is 13.9. The van der Waals surface area contributed by atoms with Crippen LogP contribution in [-0.4, -0.2) is 46.6 Å². The highest BCUT2D eigenvalue weighted by atomic mass is 16.5. The summed E-state index contributed by atoms with van der Waals surface area (Å²) < 4.78 is 0. The third kappa shape index (κ3) is 5.07. The zero-order valence-electron chi connectivity index (χ0n) is 31.1. The molecule has 0 aromatic heterocycles. The lowest BCUT2D eigenvalue weighted by Gasteiger charge is -2.72. The van der Waals surface area contributed by atoms with E-state index >= 15 is 0 Å². The van der Waals surface area contributed by atoms with Crippen LogP contribution < -0.4 is 5.32 Å². The molecular formula is C43H62N2O4. The largest absolute Gasteiger partial charge is 0.364 e. The number of fused-ring (bicyclic) bond motifs is 7. The lowest BCUT2D eigenvalue weighted by atomic mass is 9.32. The van der Waals surface area contributed by atoms with Crippen molar-refractivity contribution in [2.75, 3.05) is 19.6 Å². The second-order valence-electron chi connectivity index (χ2n) is 18.6. The molecule has 4 saturated carbocycles. The molecule has 6 heteroatoms. The predicted molar refractivity (Wildman–Crippen MR) is 195 cm³/mol. The number of carbonyl (C=O) groups is 2. The third-order valence-electron chi connectivity index (χ3n) is 16.5. The minimum Gasteiger partial charge on any atom is -0.364 e. The molecular weight excluding hydrogens is 608 g/mol. The normalized spacial score (nSPS) is 41.0. The van der Waals surface area contributed by atoms with Crippen molar-refractivity contribution in [2.24, 2.45) is 56.7 Å². The molecule has 2 amide bonds. The summed E-state index contributed by atoms with van der Waals surface area (Å²) in [4.78, 5) is 28.6. The Morgan fingerprint density at radius 1 is 0.959 bits per heavy atom. The van der Waals surface area contributed by atoms with Gasteiger partial charge in [0.1, 0.15) is 0 Å². The average molecular weight is 671 g/mol. The van der Waals surface area contributed by atoms with Gasteiger partial charge in [-0.25, -0.2) is 0 Å². The standard InChI is InChI=1S/C43H62N2O4/c1-27(2)30-16-21-43(38(49)44-24-26-45-25-8-9-35(45)46)23-22-41(6)32(36(30)43)14-15-34-40(5)19-17-31(28-10-12-29(13-11-28)37(47)48)39(3,4)33(40)18-20-42(34,41)7/h10-13,17,30,32-34,36-37,47-48H,1,8-9,14-16,18-26H2,2-7H3,(H,44,49)/t30-,32+,33-,34+,36+,40-,41+,42+,43-/m0/s1. The maximum atomic E-state index is 14.4. The highest BCUT2D eigenvalue weighted by molar-refractivity contribution is 5.84. The first-order valence-corrected chi connectivity index (χ1v) is 19.5. The Hall–Kier alpha value is -2.44. The van der Waals surface area contributed by atoms with E-state index in [4.69, 9.17) is 0 Å². The monoisotopic (exact) mass is 670 g/mol. The highest BCUT2D eigenvalue weighted by Crippen LogP contribution is 2.77. The topological polar surface area (TPSA) is 89.9 Å². The van der Waals surface area contributed by atoms with Crippen LogP contribution in [0.4, 0.5) is 0 Å². The average Bonchev–Trinajstić information content (AvgIpc) is 3.65. The smallest absolute Gasteiger partial charge is 0.226 e. The molecule has 0 spiro atoms. The van der Waals surface area contributed by atoms with Gasteiger partial charge in [0.2, 0.25) is 11.8 Å². The maximum Gasteiger partial charge on any atom is 0.226 e. The molecule has 268 valence electrons. The van der Waals surface area contributed by atoms with Crippen molar-refractivity contribution in [3.63, 3.8) is 0 Å². The molecule has 1 aromatic rings. The Morgan fingerprint density at radius 3 is 2.35 bits per heavy atom. The van der Waals surface area contributed by atoms with E-state index in [2.05, 4.69) is 71.6 Å². The van der Waals surface area contributed by atoms with Gasteiger partial charge in [0.05, 0.1) is 5.41 Å². The lowest BCUT2D eigenvalue weighted by Crippen LogP contribution is -2.66. The van der Waals surface area contributed by atoms with Gasteiger partial charge in [-0.05, 0) is 134 Å². The van der Waals surface area contributed by atoms with E-state index in [0.717, 1.165) is 45.1 Å². The van der Waals surface area contributed by atoms with Crippen LogP contribution in [0, 0.1) is 56.7 Å². The van der Waals surface area contributed by atoms with E-state index in [-0.39, 0.29) is 38.9 Å². The van der Waals surface area contributed by atoms with Crippen molar-refractivity contribution in [3.05, 3.63) is 53.6 Å². The van der Waals surface area contributed by atoms with Gasteiger partial charge < -0.3 is 20.4 Å². The molecule has 3 N–H and O–H groups in total. The maximum absolute atomic E-state index is 14.4. The summed E-state index contributed by atoms with van der Waals surface area (Å²) in [5, 5.41) is 22.7. The minimum atomic E-state index is -1.45. The summed E-state index contributed by atoms with van der Waals surface area (Å²) >= 11 is 0. The number of carbonyl (C=O) groups excluding carboxylic acids is 2. The Balaban J connectivity index is 1.17. The number of aliphatic hydroxyl groups excluding tert-OH is 1. The van der Waals surface area contributed by atoms with E-state index in [9.17, 15) is 19.8 Å². The van der Waals surface area contributed by atoms with Crippen molar-refractivity contribution in [1.29, 1.82) is 0 Å². The van der Waals surface area contributed by atoms with Crippen LogP contribution in [0.5, 0.6) is 0 Å². The molecule has 1 heterocycles. The van der Waals surface area contributed by atoms with Gasteiger partial charge in [-0.1, -0.05) is 77.1 Å². The van der Waals surface area contributed by atoms with Crippen LogP contribution in [0.15, 0.2) is 42.5 Å². The number of benzene rings is 1. The molecule has 5 fully saturated rings.